The molecule has 0 saturated heterocycles. The Balaban J connectivity index is 1.67. The van der Waals surface area contributed by atoms with E-state index >= 15 is 0 Å². The lowest BCUT2D eigenvalue weighted by molar-refractivity contribution is 0.0627. The van der Waals surface area contributed by atoms with Gasteiger partial charge in [-0.25, -0.2) is 4.39 Å². The Morgan fingerprint density at radius 1 is 1.44 bits per heavy atom. The van der Waals surface area contributed by atoms with Crippen molar-refractivity contribution in [3.05, 3.63) is 29.6 Å². The molecule has 2 nitrogen and oxygen atoms in total. The van der Waals surface area contributed by atoms with E-state index in [1.165, 1.54) is 25.3 Å². The summed E-state index contributed by atoms with van der Waals surface area (Å²) in [7, 11) is 2.01. The van der Waals surface area contributed by atoms with Gasteiger partial charge >= 0.3 is 0 Å². The van der Waals surface area contributed by atoms with E-state index in [0.29, 0.717) is 5.41 Å². The Kier molecular flexibility index (Phi) is 3.02. The molecule has 1 aromatic rings. The first-order valence-electron chi connectivity index (χ1n) is 6.80. The molecule has 98 valence electrons. The molecule has 3 rings (SSSR count). The molecule has 2 aliphatic rings. The molecule has 0 aromatic heterocycles. The second kappa shape index (κ2) is 4.54. The summed E-state index contributed by atoms with van der Waals surface area (Å²) in [6, 6.07) is 4.85. The summed E-state index contributed by atoms with van der Waals surface area (Å²) in [6.07, 6.45) is 6.09. The van der Waals surface area contributed by atoms with Gasteiger partial charge in [-0.05, 0) is 49.9 Å². The van der Waals surface area contributed by atoms with E-state index < -0.39 is 0 Å². The van der Waals surface area contributed by atoms with Crippen LogP contribution in [-0.4, -0.2) is 19.7 Å². The first kappa shape index (κ1) is 12.0. The van der Waals surface area contributed by atoms with E-state index in [9.17, 15) is 4.39 Å². The number of hydrogen-bond donors (Lipinski definition) is 1. The number of nitrogens with one attached hydrogen (secondary N) is 1. The predicted octanol–water partition coefficient (Wildman–Crippen LogP) is 2.91. The molecule has 1 unspecified atom stereocenters. The Hall–Kier alpha value is -1.09. The Labute approximate surface area is 108 Å². The van der Waals surface area contributed by atoms with Gasteiger partial charge in [-0.2, -0.15) is 0 Å². The summed E-state index contributed by atoms with van der Waals surface area (Å²) in [5, 5.41) is 3.30. The van der Waals surface area contributed by atoms with Crippen LogP contribution in [0.15, 0.2) is 18.2 Å². The minimum atomic E-state index is -0.161. The van der Waals surface area contributed by atoms with Gasteiger partial charge in [0.25, 0.3) is 0 Å². The van der Waals surface area contributed by atoms with Gasteiger partial charge in [0.1, 0.15) is 17.7 Å². The zero-order chi connectivity index (χ0) is 12.6. The summed E-state index contributed by atoms with van der Waals surface area (Å²) in [4.78, 5) is 0. The van der Waals surface area contributed by atoms with Crippen LogP contribution in [-0.2, 0) is 6.42 Å². The standard InChI is InChI=1S/C15H20FNO/c1-17-10-15(5-2-6-15)9-13-8-11-7-12(16)3-4-14(11)18-13/h3-4,7,13,17H,2,5-6,8-10H2,1H3. The minimum absolute atomic E-state index is 0.161. The maximum atomic E-state index is 13.2. The SMILES string of the molecule is CNCC1(CC2Cc3cc(F)ccc3O2)CCC1. The number of benzene rings is 1. The first-order valence-corrected chi connectivity index (χ1v) is 6.80. The smallest absolute Gasteiger partial charge is 0.123 e. The van der Waals surface area contributed by atoms with Crippen molar-refractivity contribution in [1.82, 2.24) is 5.32 Å². The van der Waals surface area contributed by atoms with Crippen LogP contribution in [0.1, 0.15) is 31.2 Å². The molecule has 1 saturated carbocycles. The quantitative estimate of drug-likeness (QED) is 0.886. The molecule has 1 aliphatic carbocycles. The molecular formula is C15H20FNO. The Morgan fingerprint density at radius 3 is 2.94 bits per heavy atom. The average Bonchev–Trinajstić information content (AvgIpc) is 2.67. The van der Waals surface area contributed by atoms with E-state index in [0.717, 1.165) is 30.7 Å². The zero-order valence-electron chi connectivity index (χ0n) is 10.8. The number of fused-ring (bicyclic) bond motifs is 1. The monoisotopic (exact) mass is 249 g/mol. The highest BCUT2D eigenvalue weighted by Crippen LogP contribution is 2.46. The van der Waals surface area contributed by atoms with Crippen molar-refractivity contribution in [2.45, 2.75) is 38.2 Å². The van der Waals surface area contributed by atoms with Crippen LogP contribution in [0.2, 0.25) is 0 Å². The molecule has 1 atom stereocenters. The van der Waals surface area contributed by atoms with Crippen molar-refractivity contribution < 1.29 is 9.13 Å². The van der Waals surface area contributed by atoms with Crippen LogP contribution < -0.4 is 10.1 Å². The fourth-order valence-electron chi connectivity index (χ4n) is 3.39. The average molecular weight is 249 g/mol. The molecule has 1 aromatic carbocycles. The van der Waals surface area contributed by atoms with Crippen LogP contribution in [0, 0.1) is 11.2 Å². The number of rotatable bonds is 4. The molecule has 1 heterocycles. The van der Waals surface area contributed by atoms with E-state index in [2.05, 4.69) is 5.32 Å². The number of halogens is 1. The zero-order valence-corrected chi connectivity index (χ0v) is 10.8. The molecule has 1 aliphatic heterocycles. The third-order valence-electron chi connectivity index (χ3n) is 4.39. The van der Waals surface area contributed by atoms with Gasteiger partial charge in [0.2, 0.25) is 0 Å². The molecule has 1 N–H and O–H groups in total. The molecule has 1 fully saturated rings. The fourth-order valence-corrected chi connectivity index (χ4v) is 3.39. The highest BCUT2D eigenvalue weighted by Gasteiger charge is 2.40. The second-order valence-corrected chi connectivity index (χ2v) is 5.78. The largest absolute Gasteiger partial charge is 0.490 e. The van der Waals surface area contributed by atoms with Gasteiger partial charge in [-0.1, -0.05) is 6.42 Å². The lowest BCUT2D eigenvalue weighted by Crippen LogP contribution is -2.42. The molecule has 0 radical (unpaired) electrons. The van der Waals surface area contributed by atoms with Crippen molar-refractivity contribution in [3.8, 4) is 5.75 Å². The summed E-state index contributed by atoms with van der Waals surface area (Å²) in [5.74, 6) is 0.715. The van der Waals surface area contributed by atoms with E-state index in [4.69, 9.17) is 4.74 Å². The van der Waals surface area contributed by atoms with Crippen molar-refractivity contribution in [3.63, 3.8) is 0 Å². The van der Waals surface area contributed by atoms with Gasteiger partial charge in [-0.3, -0.25) is 0 Å². The predicted molar refractivity (Wildman–Crippen MR) is 69.3 cm³/mol. The van der Waals surface area contributed by atoms with E-state index in [1.54, 1.807) is 12.1 Å². The summed E-state index contributed by atoms with van der Waals surface area (Å²) >= 11 is 0. The van der Waals surface area contributed by atoms with Gasteiger partial charge in [0.05, 0.1) is 0 Å². The second-order valence-electron chi connectivity index (χ2n) is 5.78. The minimum Gasteiger partial charge on any atom is -0.490 e. The molecular weight excluding hydrogens is 229 g/mol. The third-order valence-corrected chi connectivity index (χ3v) is 4.39. The van der Waals surface area contributed by atoms with Crippen LogP contribution >= 0.6 is 0 Å². The maximum absolute atomic E-state index is 13.2. The molecule has 0 bridgehead atoms. The van der Waals surface area contributed by atoms with E-state index in [1.807, 2.05) is 7.05 Å². The Morgan fingerprint density at radius 2 is 2.28 bits per heavy atom. The maximum Gasteiger partial charge on any atom is 0.123 e. The van der Waals surface area contributed by atoms with Gasteiger partial charge < -0.3 is 10.1 Å². The summed E-state index contributed by atoms with van der Waals surface area (Å²) < 4.78 is 19.1. The van der Waals surface area contributed by atoms with Crippen molar-refractivity contribution >= 4 is 0 Å². The van der Waals surface area contributed by atoms with Gasteiger partial charge in [0, 0.05) is 18.5 Å². The summed E-state index contributed by atoms with van der Waals surface area (Å²) in [6.45, 7) is 1.07. The molecule has 18 heavy (non-hydrogen) atoms. The molecule has 0 spiro atoms. The molecule has 3 heteroatoms. The topological polar surface area (TPSA) is 21.3 Å². The van der Waals surface area contributed by atoms with E-state index in [-0.39, 0.29) is 11.9 Å². The highest BCUT2D eigenvalue weighted by atomic mass is 19.1. The highest BCUT2D eigenvalue weighted by molar-refractivity contribution is 5.38. The molecule has 0 amide bonds. The van der Waals surface area contributed by atoms with Crippen LogP contribution in [0.25, 0.3) is 0 Å². The van der Waals surface area contributed by atoms with Gasteiger partial charge in [0.15, 0.2) is 0 Å². The normalized spacial score (nSPS) is 24.2. The van der Waals surface area contributed by atoms with Gasteiger partial charge in [-0.15, -0.1) is 0 Å². The fraction of sp³-hybridized carbons (Fsp3) is 0.600. The van der Waals surface area contributed by atoms with Crippen LogP contribution in [0.4, 0.5) is 4.39 Å². The third kappa shape index (κ3) is 2.12. The van der Waals surface area contributed by atoms with Crippen molar-refractivity contribution in [2.24, 2.45) is 5.41 Å². The van der Waals surface area contributed by atoms with Crippen molar-refractivity contribution in [1.29, 1.82) is 0 Å². The summed E-state index contributed by atoms with van der Waals surface area (Å²) in [5.41, 5.74) is 1.44. The van der Waals surface area contributed by atoms with Crippen LogP contribution in [0.5, 0.6) is 5.75 Å². The Bertz CT molecular complexity index is 442. The van der Waals surface area contributed by atoms with Crippen molar-refractivity contribution in [2.75, 3.05) is 13.6 Å². The number of hydrogen-bond acceptors (Lipinski definition) is 2. The lowest BCUT2D eigenvalue weighted by Gasteiger charge is -2.43. The first-order chi connectivity index (χ1) is 8.71. The number of ether oxygens (including phenoxy) is 1. The lowest BCUT2D eigenvalue weighted by atomic mass is 9.65. The van der Waals surface area contributed by atoms with Crippen LogP contribution in [0.3, 0.4) is 0 Å².